The van der Waals surface area contributed by atoms with E-state index in [2.05, 4.69) is 10.3 Å². The maximum absolute atomic E-state index is 12.5. The lowest BCUT2D eigenvalue weighted by Gasteiger charge is -2.13. The van der Waals surface area contributed by atoms with E-state index >= 15 is 0 Å². The number of thiazole rings is 1. The molecular formula is C20H16N4O7S. The Hall–Kier alpha value is -4.19. The molecule has 0 bridgehead atoms. The fourth-order valence-corrected chi connectivity index (χ4v) is 3.52. The molecule has 12 heteroatoms. The standard InChI is InChI=1S/C20H16N4O7S/c1-11-5-3-8-16(24(29)30)17(11)19(26)31-12(2)18(25)22-20-21-15(10-32-20)13-6-4-7-14(9-13)23(27)28/h3-10,12H,1-2H3,(H,21,22,25). The number of aromatic nitrogens is 1. The molecule has 11 nitrogen and oxygen atoms in total. The van der Waals surface area contributed by atoms with Crippen LogP contribution >= 0.6 is 11.3 Å². The van der Waals surface area contributed by atoms with Crippen molar-refractivity contribution in [3.63, 3.8) is 0 Å². The highest BCUT2D eigenvalue weighted by Gasteiger charge is 2.27. The summed E-state index contributed by atoms with van der Waals surface area (Å²) in [6.45, 7) is 2.85. The molecule has 0 aliphatic heterocycles. The average molecular weight is 456 g/mol. The molecule has 3 rings (SSSR count). The number of hydrogen-bond donors (Lipinski definition) is 1. The number of rotatable bonds is 7. The second-order valence-corrected chi connectivity index (χ2v) is 7.47. The van der Waals surface area contributed by atoms with E-state index < -0.39 is 33.5 Å². The average Bonchev–Trinajstić information content (AvgIpc) is 3.21. The number of carbonyl (C=O) groups excluding carboxylic acids is 2. The molecule has 164 valence electrons. The van der Waals surface area contributed by atoms with Gasteiger partial charge in [-0.1, -0.05) is 24.3 Å². The van der Waals surface area contributed by atoms with Crippen LogP contribution in [0.4, 0.5) is 16.5 Å². The zero-order valence-corrected chi connectivity index (χ0v) is 17.6. The fourth-order valence-electron chi connectivity index (χ4n) is 2.79. The zero-order chi connectivity index (χ0) is 23.4. The Morgan fingerprint density at radius 3 is 2.53 bits per heavy atom. The van der Waals surface area contributed by atoms with Crippen LogP contribution < -0.4 is 5.32 Å². The molecule has 0 saturated heterocycles. The normalized spacial score (nSPS) is 11.4. The number of amides is 1. The molecule has 3 aromatic rings. The highest BCUT2D eigenvalue weighted by atomic mass is 32.1. The molecule has 1 heterocycles. The van der Waals surface area contributed by atoms with Crippen molar-refractivity contribution in [2.24, 2.45) is 0 Å². The van der Waals surface area contributed by atoms with Crippen LogP contribution in [-0.4, -0.2) is 32.8 Å². The van der Waals surface area contributed by atoms with Gasteiger partial charge in [0.25, 0.3) is 17.3 Å². The van der Waals surface area contributed by atoms with Crippen molar-refractivity contribution in [1.29, 1.82) is 0 Å². The molecule has 0 fully saturated rings. The maximum atomic E-state index is 12.5. The number of non-ortho nitro benzene ring substituents is 1. The Labute approximate surface area is 185 Å². The van der Waals surface area contributed by atoms with Gasteiger partial charge in [-0.25, -0.2) is 9.78 Å². The topological polar surface area (TPSA) is 155 Å². The van der Waals surface area contributed by atoms with Gasteiger partial charge in [0.2, 0.25) is 0 Å². The number of nitrogens with zero attached hydrogens (tertiary/aromatic N) is 3. The lowest BCUT2D eigenvalue weighted by molar-refractivity contribution is -0.385. The van der Waals surface area contributed by atoms with Crippen LogP contribution in [-0.2, 0) is 9.53 Å². The van der Waals surface area contributed by atoms with Gasteiger partial charge >= 0.3 is 5.97 Å². The summed E-state index contributed by atoms with van der Waals surface area (Å²) in [6, 6.07) is 10.0. The highest BCUT2D eigenvalue weighted by Crippen LogP contribution is 2.28. The summed E-state index contributed by atoms with van der Waals surface area (Å²) < 4.78 is 5.12. The second-order valence-electron chi connectivity index (χ2n) is 6.61. The Bertz CT molecular complexity index is 1220. The van der Waals surface area contributed by atoms with E-state index in [0.717, 1.165) is 11.3 Å². The minimum atomic E-state index is -1.26. The van der Waals surface area contributed by atoms with Gasteiger partial charge in [0.15, 0.2) is 11.2 Å². The van der Waals surface area contributed by atoms with E-state index in [-0.39, 0.29) is 16.4 Å². The summed E-state index contributed by atoms with van der Waals surface area (Å²) in [6.07, 6.45) is -1.26. The summed E-state index contributed by atoms with van der Waals surface area (Å²) in [5.41, 5.74) is 0.546. The molecule has 1 atom stereocenters. The lowest BCUT2D eigenvalue weighted by Crippen LogP contribution is -2.30. The Kier molecular flexibility index (Phi) is 6.54. The van der Waals surface area contributed by atoms with E-state index in [1.54, 1.807) is 11.4 Å². The second kappa shape index (κ2) is 9.31. The first-order valence-electron chi connectivity index (χ1n) is 9.13. The number of hydrogen-bond acceptors (Lipinski definition) is 9. The molecule has 0 radical (unpaired) electrons. The van der Waals surface area contributed by atoms with Crippen molar-refractivity contribution < 1.29 is 24.2 Å². The molecular weight excluding hydrogens is 440 g/mol. The molecule has 32 heavy (non-hydrogen) atoms. The van der Waals surface area contributed by atoms with Crippen LogP contribution in [0.3, 0.4) is 0 Å². The van der Waals surface area contributed by atoms with Crippen molar-refractivity contribution in [2.45, 2.75) is 20.0 Å². The van der Waals surface area contributed by atoms with Crippen molar-refractivity contribution >= 4 is 39.7 Å². The summed E-state index contributed by atoms with van der Waals surface area (Å²) in [7, 11) is 0. The largest absolute Gasteiger partial charge is 0.449 e. The first kappa shape index (κ1) is 22.5. The Morgan fingerprint density at radius 1 is 1.12 bits per heavy atom. The van der Waals surface area contributed by atoms with Gasteiger partial charge in [-0.3, -0.25) is 30.3 Å². The van der Waals surface area contributed by atoms with Gasteiger partial charge in [0.05, 0.1) is 15.5 Å². The summed E-state index contributed by atoms with van der Waals surface area (Å²) in [5, 5.41) is 26.4. The van der Waals surface area contributed by atoms with Gasteiger partial charge < -0.3 is 4.74 Å². The summed E-state index contributed by atoms with van der Waals surface area (Å²) in [5.74, 6) is -1.68. The number of benzene rings is 2. The fraction of sp³-hybridized carbons (Fsp3) is 0.150. The lowest BCUT2D eigenvalue weighted by atomic mass is 10.1. The van der Waals surface area contributed by atoms with Crippen LogP contribution in [0.2, 0.25) is 0 Å². The molecule has 1 amide bonds. The van der Waals surface area contributed by atoms with Crippen LogP contribution in [0.15, 0.2) is 47.8 Å². The third-order valence-electron chi connectivity index (χ3n) is 4.39. The van der Waals surface area contributed by atoms with Gasteiger partial charge in [0, 0.05) is 29.1 Å². The first-order chi connectivity index (χ1) is 15.2. The number of carbonyl (C=O) groups is 2. The Balaban J connectivity index is 1.70. The van der Waals surface area contributed by atoms with Crippen molar-refractivity contribution in [2.75, 3.05) is 5.32 Å². The molecule has 1 N–H and O–H groups in total. The molecule has 1 unspecified atom stereocenters. The molecule has 2 aromatic carbocycles. The van der Waals surface area contributed by atoms with Gasteiger partial charge in [-0.05, 0) is 19.4 Å². The van der Waals surface area contributed by atoms with E-state index in [1.165, 1.54) is 50.2 Å². The van der Waals surface area contributed by atoms with Gasteiger partial charge in [0.1, 0.15) is 5.56 Å². The SMILES string of the molecule is Cc1cccc([N+](=O)[O-])c1C(=O)OC(C)C(=O)Nc1nc(-c2cccc([N+](=O)[O-])c2)cs1. The molecule has 0 aliphatic carbocycles. The number of nitrogens with one attached hydrogen (secondary N) is 1. The van der Waals surface area contributed by atoms with Crippen LogP contribution in [0.1, 0.15) is 22.8 Å². The minimum absolute atomic E-state index is 0.0908. The van der Waals surface area contributed by atoms with Crippen LogP contribution in [0.5, 0.6) is 0 Å². The number of anilines is 1. The van der Waals surface area contributed by atoms with Crippen molar-refractivity contribution in [3.8, 4) is 11.3 Å². The first-order valence-corrected chi connectivity index (χ1v) is 10.0. The van der Waals surface area contributed by atoms with Crippen LogP contribution in [0.25, 0.3) is 11.3 Å². The monoisotopic (exact) mass is 456 g/mol. The highest BCUT2D eigenvalue weighted by molar-refractivity contribution is 7.14. The number of nitro groups is 2. The van der Waals surface area contributed by atoms with Gasteiger partial charge in [-0.2, -0.15) is 0 Å². The van der Waals surface area contributed by atoms with Crippen LogP contribution in [0, 0.1) is 27.2 Å². The zero-order valence-electron chi connectivity index (χ0n) is 16.8. The smallest absolute Gasteiger partial charge is 0.346 e. The van der Waals surface area contributed by atoms with Crippen molar-refractivity contribution in [1.82, 2.24) is 4.98 Å². The predicted molar refractivity (Wildman–Crippen MR) is 116 cm³/mol. The maximum Gasteiger partial charge on any atom is 0.346 e. The van der Waals surface area contributed by atoms with E-state index in [0.29, 0.717) is 16.8 Å². The van der Waals surface area contributed by atoms with Gasteiger partial charge in [-0.15, -0.1) is 11.3 Å². The Morgan fingerprint density at radius 2 is 1.84 bits per heavy atom. The van der Waals surface area contributed by atoms with E-state index in [9.17, 15) is 29.8 Å². The molecule has 0 spiro atoms. The van der Waals surface area contributed by atoms with Crippen molar-refractivity contribution in [3.05, 3.63) is 79.2 Å². The number of ether oxygens (including phenoxy) is 1. The van der Waals surface area contributed by atoms with E-state index in [4.69, 9.17) is 4.74 Å². The minimum Gasteiger partial charge on any atom is -0.449 e. The predicted octanol–water partition coefficient (Wildman–Crippen LogP) is 4.12. The molecule has 0 saturated carbocycles. The number of esters is 1. The molecule has 1 aromatic heterocycles. The third kappa shape index (κ3) is 4.92. The van der Waals surface area contributed by atoms with E-state index in [1.807, 2.05) is 0 Å². The molecule has 0 aliphatic rings. The number of nitro benzene ring substituents is 2. The number of aryl methyl sites for hydroxylation is 1. The summed E-state index contributed by atoms with van der Waals surface area (Å²) >= 11 is 1.09. The third-order valence-corrected chi connectivity index (χ3v) is 5.15. The quantitative estimate of drug-likeness (QED) is 0.316. The summed E-state index contributed by atoms with van der Waals surface area (Å²) in [4.78, 5) is 50.0.